The van der Waals surface area contributed by atoms with Crippen molar-refractivity contribution in [3.8, 4) is 0 Å². The number of benzene rings is 2. The average molecular weight is 446 g/mol. The fourth-order valence-electron chi connectivity index (χ4n) is 4.29. The van der Waals surface area contributed by atoms with Crippen molar-refractivity contribution in [1.82, 2.24) is 9.21 Å². The van der Waals surface area contributed by atoms with Gasteiger partial charge in [0.05, 0.1) is 4.90 Å². The number of amides is 1. The van der Waals surface area contributed by atoms with Crippen LogP contribution in [0.2, 0.25) is 0 Å². The van der Waals surface area contributed by atoms with Crippen molar-refractivity contribution >= 4 is 21.6 Å². The minimum atomic E-state index is -3.53. The molecule has 0 N–H and O–H groups in total. The Labute approximate surface area is 183 Å². The summed E-state index contributed by atoms with van der Waals surface area (Å²) in [5, 5.41) is 0. The van der Waals surface area contributed by atoms with E-state index >= 15 is 0 Å². The van der Waals surface area contributed by atoms with E-state index in [1.807, 2.05) is 0 Å². The Bertz CT molecular complexity index is 1020. The summed E-state index contributed by atoms with van der Waals surface area (Å²) < 4.78 is 40.5. The smallest absolute Gasteiger partial charge is 0.253 e. The number of hydrogen-bond donors (Lipinski definition) is 0. The van der Waals surface area contributed by atoms with Crippen molar-refractivity contribution in [3.63, 3.8) is 0 Å². The van der Waals surface area contributed by atoms with Crippen LogP contribution in [0.4, 0.5) is 10.1 Å². The Morgan fingerprint density at radius 1 is 0.935 bits per heavy atom. The summed E-state index contributed by atoms with van der Waals surface area (Å²) in [4.78, 5) is 17.0. The normalized spacial score (nSPS) is 20.6. The molecule has 0 aromatic heterocycles. The highest BCUT2D eigenvalue weighted by Crippen LogP contribution is 2.24. The topological polar surface area (TPSA) is 60.9 Å². The number of anilines is 1. The van der Waals surface area contributed by atoms with Crippen LogP contribution in [0.3, 0.4) is 0 Å². The maximum absolute atomic E-state index is 13.1. The Morgan fingerprint density at radius 3 is 2.19 bits per heavy atom. The first kappa shape index (κ1) is 21.8. The molecule has 2 aliphatic heterocycles. The van der Waals surface area contributed by atoms with Gasteiger partial charge in [0.1, 0.15) is 5.82 Å². The SMILES string of the molecule is CC1CCCN(S(=O)(=O)c2ccc(C(=O)N3CCN(c4ccc(F)cc4)CC3)cc2)C1. The average Bonchev–Trinajstić information content (AvgIpc) is 2.79. The number of carbonyl (C=O) groups is 1. The van der Waals surface area contributed by atoms with Gasteiger partial charge in [-0.1, -0.05) is 6.92 Å². The molecule has 0 saturated carbocycles. The van der Waals surface area contributed by atoms with Crippen LogP contribution in [0.1, 0.15) is 30.1 Å². The van der Waals surface area contributed by atoms with Crippen molar-refractivity contribution in [2.45, 2.75) is 24.7 Å². The van der Waals surface area contributed by atoms with Gasteiger partial charge >= 0.3 is 0 Å². The minimum absolute atomic E-state index is 0.103. The first-order valence-corrected chi connectivity index (χ1v) is 12.2. The van der Waals surface area contributed by atoms with Crippen molar-refractivity contribution in [3.05, 3.63) is 59.9 Å². The van der Waals surface area contributed by atoms with Crippen LogP contribution < -0.4 is 4.90 Å². The van der Waals surface area contributed by atoms with E-state index in [0.29, 0.717) is 50.7 Å². The molecule has 0 radical (unpaired) electrons. The maximum Gasteiger partial charge on any atom is 0.253 e. The monoisotopic (exact) mass is 445 g/mol. The third-order valence-corrected chi connectivity index (χ3v) is 8.00. The Morgan fingerprint density at radius 2 is 1.58 bits per heavy atom. The molecule has 2 saturated heterocycles. The first-order valence-electron chi connectivity index (χ1n) is 10.7. The summed E-state index contributed by atoms with van der Waals surface area (Å²) in [6.45, 7) is 5.60. The van der Waals surface area contributed by atoms with Gasteiger partial charge in [-0.2, -0.15) is 4.31 Å². The lowest BCUT2D eigenvalue weighted by molar-refractivity contribution is 0.0746. The summed E-state index contributed by atoms with van der Waals surface area (Å²) in [5.74, 6) is -0.00919. The molecule has 2 fully saturated rings. The van der Waals surface area contributed by atoms with Crippen LogP contribution in [0.15, 0.2) is 53.4 Å². The number of piperidine rings is 1. The second-order valence-corrected chi connectivity index (χ2v) is 10.3. The second-order valence-electron chi connectivity index (χ2n) is 8.39. The van der Waals surface area contributed by atoms with E-state index in [1.54, 1.807) is 33.5 Å². The van der Waals surface area contributed by atoms with Crippen LogP contribution in [0.25, 0.3) is 0 Å². The fraction of sp³-hybridized carbons (Fsp3) is 0.435. The third kappa shape index (κ3) is 4.75. The number of piperazine rings is 1. The maximum atomic E-state index is 13.1. The van der Waals surface area contributed by atoms with Gasteiger partial charge in [-0.05, 0) is 67.3 Å². The van der Waals surface area contributed by atoms with E-state index in [-0.39, 0.29) is 16.6 Å². The molecule has 6 nitrogen and oxygen atoms in total. The van der Waals surface area contributed by atoms with Crippen molar-refractivity contribution < 1.29 is 17.6 Å². The van der Waals surface area contributed by atoms with E-state index < -0.39 is 10.0 Å². The molecule has 0 bridgehead atoms. The molecule has 31 heavy (non-hydrogen) atoms. The summed E-state index contributed by atoms with van der Waals surface area (Å²) in [6.07, 6.45) is 1.93. The highest BCUT2D eigenvalue weighted by molar-refractivity contribution is 7.89. The number of halogens is 1. The molecule has 1 atom stereocenters. The fourth-order valence-corrected chi connectivity index (χ4v) is 5.88. The van der Waals surface area contributed by atoms with Gasteiger partial charge in [-0.15, -0.1) is 0 Å². The molecule has 2 aromatic carbocycles. The number of carbonyl (C=O) groups excluding carboxylic acids is 1. The zero-order valence-corrected chi connectivity index (χ0v) is 18.5. The summed E-state index contributed by atoms with van der Waals surface area (Å²) in [7, 11) is -3.53. The molecular weight excluding hydrogens is 417 g/mol. The first-order chi connectivity index (χ1) is 14.8. The van der Waals surface area contributed by atoms with Crippen LogP contribution in [0.5, 0.6) is 0 Å². The van der Waals surface area contributed by atoms with Crippen LogP contribution in [-0.2, 0) is 10.0 Å². The molecule has 0 aliphatic carbocycles. The number of nitrogens with zero attached hydrogens (tertiary/aromatic N) is 3. The van der Waals surface area contributed by atoms with Gasteiger partial charge in [-0.3, -0.25) is 4.79 Å². The predicted molar refractivity (Wildman–Crippen MR) is 118 cm³/mol. The van der Waals surface area contributed by atoms with Gasteiger partial charge in [0.15, 0.2) is 0 Å². The highest BCUT2D eigenvalue weighted by Gasteiger charge is 2.29. The van der Waals surface area contributed by atoms with Crippen LogP contribution in [0, 0.1) is 11.7 Å². The molecule has 8 heteroatoms. The van der Waals surface area contributed by atoms with E-state index in [2.05, 4.69) is 11.8 Å². The van der Waals surface area contributed by atoms with E-state index in [0.717, 1.165) is 18.5 Å². The summed E-state index contributed by atoms with van der Waals surface area (Å²) in [5.41, 5.74) is 1.43. The van der Waals surface area contributed by atoms with E-state index in [9.17, 15) is 17.6 Å². The molecule has 2 aliphatic rings. The van der Waals surface area contributed by atoms with Gasteiger partial charge in [0.2, 0.25) is 10.0 Å². The number of rotatable bonds is 4. The van der Waals surface area contributed by atoms with Crippen molar-refractivity contribution in [2.75, 3.05) is 44.2 Å². The standard InChI is InChI=1S/C23H28FN3O3S/c1-18-3-2-12-27(17-18)31(29,30)22-10-4-19(5-11-22)23(28)26-15-13-25(14-16-26)21-8-6-20(24)7-9-21/h4-11,18H,2-3,12-17H2,1H3. The predicted octanol–water partition coefficient (Wildman–Crippen LogP) is 3.21. The minimum Gasteiger partial charge on any atom is -0.368 e. The quantitative estimate of drug-likeness (QED) is 0.725. The second kappa shape index (κ2) is 8.96. The van der Waals surface area contributed by atoms with E-state index in [1.165, 1.54) is 24.3 Å². The molecular formula is C23H28FN3O3S. The van der Waals surface area contributed by atoms with Crippen LogP contribution >= 0.6 is 0 Å². The molecule has 1 unspecified atom stereocenters. The lowest BCUT2D eigenvalue weighted by atomic mass is 10.0. The third-order valence-electron chi connectivity index (χ3n) is 6.12. The van der Waals surface area contributed by atoms with E-state index in [4.69, 9.17) is 0 Å². The molecule has 2 aromatic rings. The summed E-state index contributed by atoms with van der Waals surface area (Å²) in [6, 6.07) is 12.7. The number of hydrogen-bond acceptors (Lipinski definition) is 4. The molecule has 166 valence electrons. The van der Waals surface area contributed by atoms with Crippen LogP contribution in [-0.4, -0.2) is 62.8 Å². The molecule has 0 spiro atoms. The van der Waals surface area contributed by atoms with Crippen molar-refractivity contribution in [2.24, 2.45) is 5.92 Å². The molecule has 2 heterocycles. The Hall–Kier alpha value is -2.45. The Balaban J connectivity index is 1.39. The van der Waals surface area contributed by atoms with Gasteiger partial charge < -0.3 is 9.80 Å². The summed E-state index contributed by atoms with van der Waals surface area (Å²) >= 11 is 0. The van der Waals surface area contributed by atoms with Gasteiger partial charge in [0.25, 0.3) is 5.91 Å². The molecule has 1 amide bonds. The number of sulfonamides is 1. The van der Waals surface area contributed by atoms with Gasteiger partial charge in [-0.25, -0.2) is 12.8 Å². The Kier molecular flexibility index (Phi) is 6.29. The zero-order valence-electron chi connectivity index (χ0n) is 17.7. The largest absolute Gasteiger partial charge is 0.368 e. The lowest BCUT2D eigenvalue weighted by Crippen LogP contribution is -2.48. The van der Waals surface area contributed by atoms with Gasteiger partial charge in [0, 0.05) is 50.5 Å². The molecule has 4 rings (SSSR count). The zero-order chi connectivity index (χ0) is 22.0. The lowest BCUT2D eigenvalue weighted by Gasteiger charge is -2.36. The van der Waals surface area contributed by atoms with Crippen molar-refractivity contribution in [1.29, 1.82) is 0 Å². The highest BCUT2D eigenvalue weighted by atomic mass is 32.2.